The van der Waals surface area contributed by atoms with Crippen LogP contribution in [0.25, 0.3) is 65.1 Å². The molecule has 0 saturated carbocycles. The first kappa shape index (κ1) is 28.1. The van der Waals surface area contributed by atoms with Crippen molar-refractivity contribution >= 4 is 59.3 Å². The number of para-hydroxylation sites is 3. The van der Waals surface area contributed by atoms with Gasteiger partial charge in [-0.05, 0) is 65.4 Å². The van der Waals surface area contributed by atoms with Crippen molar-refractivity contribution in [2.45, 2.75) is 0 Å². The van der Waals surface area contributed by atoms with Crippen LogP contribution in [0.3, 0.4) is 0 Å². The molecule has 2 heterocycles. The van der Waals surface area contributed by atoms with E-state index in [0.29, 0.717) is 17.5 Å². The summed E-state index contributed by atoms with van der Waals surface area (Å²) in [5.74, 6) is 1.90. The maximum atomic E-state index is 5.21. The molecule has 4 nitrogen and oxygen atoms in total. The largest absolute Gasteiger partial charge is 0.310 e. The predicted molar refractivity (Wildman–Crippen MR) is 201 cm³/mol. The van der Waals surface area contributed by atoms with Crippen LogP contribution >= 0.6 is 11.3 Å². The zero-order chi connectivity index (χ0) is 31.9. The molecule has 0 atom stereocenters. The highest BCUT2D eigenvalue weighted by molar-refractivity contribution is 7.25. The SMILES string of the molecule is c1ccc(N(c2ccccc2)c2ccccc2-c2nc(-c3ccc4ccccc4c3)nc(-c3ccc4c(c3)sc3ccccc34)n2)cc1. The quantitative estimate of drug-likeness (QED) is 0.183. The highest BCUT2D eigenvalue weighted by Crippen LogP contribution is 2.41. The molecule has 0 radical (unpaired) electrons. The standard InChI is InChI=1S/C43H28N4S/c1-3-15-33(16-4-1)47(34-17-5-2-6-18-34)38-21-11-9-20-37(38)43-45-41(31-24-23-29-13-7-8-14-30(29)27-31)44-42(46-43)32-25-26-36-35-19-10-12-22-39(35)48-40(36)28-32/h1-28H. The highest BCUT2D eigenvalue weighted by Gasteiger charge is 2.20. The number of rotatable bonds is 6. The van der Waals surface area contributed by atoms with Gasteiger partial charge in [0.2, 0.25) is 0 Å². The van der Waals surface area contributed by atoms with Crippen molar-refractivity contribution in [3.63, 3.8) is 0 Å². The van der Waals surface area contributed by atoms with Gasteiger partial charge in [-0.25, -0.2) is 15.0 Å². The first-order valence-corrected chi connectivity index (χ1v) is 16.8. The smallest absolute Gasteiger partial charge is 0.166 e. The van der Waals surface area contributed by atoms with Crippen LogP contribution in [0.2, 0.25) is 0 Å². The van der Waals surface area contributed by atoms with Crippen molar-refractivity contribution in [1.29, 1.82) is 0 Å². The third-order valence-corrected chi connectivity index (χ3v) is 9.83. The van der Waals surface area contributed by atoms with E-state index in [0.717, 1.165) is 39.1 Å². The van der Waals surface area contributed by atoms with Crippen LogP contribution in [-0.4, -0.2) is 15.0 Å². The van der Waals surface area contributed by atoms with Crippen LogP contribution < -0.4 is 4.90 Å². The molecule has 0 saturated heterocycles. The van der Waals surface area contributed by atoms with Crippen molar-refractivity contribution in [3.8, 4) is 34.2 Å². The minimum Gasteiger partial charge on any atom is -0.310 e. The average Bonchev–Trinajstić information content (AvgIpc) is 3.54. The number of aromatic nitrogens is 3. The summed E-state index contributed by atoms with van der Waals surface area (Å²) in [6, 6.07) is 59.1. The number of hydrogen-bond donors (Lipinski definition) is 0. The van der Waals surface area contributed by atoms with E-state index in [9.17, 15) is 0 Å². The summed E-state index contributed by atoms with van der Waals surface area (Å²) in [6.07, 6.45) is 0. The molecule has 226 valence electrons. The number of nitrogens with zero attached hydrogens (tertiary/aromatic N) is 4. The zero-order valence-corrected chi connectivity index (χ0v) is 26.7. The lowest BCUT2D eigenvalue weighted by Gasteiger charge is -2.27. The Morgan fingerprint density at radius 3 is 1.73 bits per heavy atom. The summed E-state index contributed by atoms with van der Waals surface area (Å²) in [4.78, 5) is 17.8. The van der Waals surface area contributed by atoms with E-state index in [4.69, 9.17) is 15.0 Å². The van der Waals surface area contributed by atoms with E-state index < -0.39 is 0 Å². The zero-order valence-electron chi connectivity index (χ0n) is 25.9. The molecule has 0 spiro atoms. The predicted octanol–water partition coefficient (Wildman–Crippen LogP) is 11.9. The molecule has 0 bridgehead atoms. The Morgan fingerprint density at radius 2 is 0.958 bits per heavy atom. The number of benzene rings is 7. The maximum absolute atomic E-state index is 5.21. The van der Waals surface area contributed by atoms with E-state index in [-0.39, 0.29) is 0 Å². The van der Waals surface area contributed by atoms with Crippen molar-refractivity contribution in [1.82, 2.24) is 15.0 Å². The number of anilines is 3. The van der Waals surface area contributed by atoms with Crippen LogP contribution in [0.4, 0.5) is 17.1 Å². The van der Waals surface area contributed by atoms with Gasteiger partial charge in [0.1, 0.15) is 0 Å². The molecule has 7 aromatic carbocycles. The van der Waals surface area contributed by atoms with Gasteiger partial charge in [0.25, 0.3) is 0 Å². The summed E-state index contributed by atoms with van der Waals surface area (Å²) >= 11 is 1.80. The van der Waals surface area contributed by atoms with Gasteiger partial charge >= 0.3 is 0 Å². The fraction of sp³-hybridized carbons (Fsp3) is 0. The molecule has 48 heavy (non-hydrogen) atoms. The van der Waals surface area contributed by atoms with Crippen molar-refractivity contribution in [2.75, 3.05) is 4.90 Å². The Balaban J connectivity index is 1.27. The summed E-state index contributed by atoms with van der Waals surface area (Å²) in [7, 11) is 0. The van der Waals surface area contributed by atoms with Gasteiger partial charge < -0.3 is 4.90 Å². The average molecular weight is 633 g/mol. The Morgan fingerprint density at radius 1 is 0.396 bits per heavy atom. The van der Waals surface area contributed by atoms with Gasteiger partial charge in [-0.1, -0.05) is 115 Å². The molecule has 0 aliphatic carbocycles. The normalized spacial score (nSPS) is 11.3. The van der Waals surface area contributed by atoms with Crippen LogP contribution in [0.15, 0.2) is 170 Å². The first-order chi connectivity index (χ1) is 23.8. The molecule has 9 rings (SSSR count). The van der Waals surface area contributed by atoms with E-state index in [1.54, 1.807) is 11.3 Å². The number of thiophene rings is 1. The van der Waals surface area contributed by atoms with Crippen molar-refractivity contribution in [3.05, 3.63) is 170 Å². The van der Waals surface area contributed by atoms with Crippen LogP contribution in [-0.2, 0) is 0 Å². The van der Waals surface area contributed by atoms with Gasteiger partial charge in [-0.2, -0.15) is 0 Å². The second kappa shape index (κ2) is 11.9. The fourth-order valence-corrected chi connectivity index (χ4v) is 7.53. The van der Waals surface area contributed by atoms with Crippen LogP contribution in [0.5, 0.6) is 0 Å². The fourth-order valence-electron chi connectivity index (χ4n) is 6.39. The minimum absolute atomic E-state index is 0.618. The van der Waals surface area contributed by atoms with Gasteiger partial charge in [-0.3, -0.25) is 0 Å². The molecule has 0 N–H and O–H groups in total. The molecule has 9 aromatic rings. The first-order valence-electron chi connectivity index (χ1n) is 16.0. The molecule has 0 aliphatic rings. The van der Waals surface area contributed by atoms with E-state index in [1.807, 2.05) is 12.1 Å². The topological polar surface area (TPSA) is 41.9 Å². The molecule has 0 amide bonds. The lowest BCUT2D eigenvalue weighted by Crippen LogP contribution is -2.12. The summed E-state index contributed by atoms with van der Waals surface area (Å²) in [5.41, 5.74) is 5.91. The van der Waals surface area contributed by atoms with E-state index in [2.05, 4.69) is 163 Å². The molecule has 0 unspecified atom stereocenters. The molecular formula is C43H28N4S. The molecule has 0 aliphatic heterocycles. The third kappa shape index (κ3) is 5.07. The Hall–Kier alpha value is -6.17. The maximum Gasteiger partial charge on any atom is 0.166 e. The summed E-state index contributed by atoms with van der Waals surface area (Å²) < 4.78 is 2.48. The highest BCUT2D eigenvalue weighted by atomic mass is 32.1. The van der Waals surface area contributed by atoms with Crippen LogP contribution in [0.1, 0.15) is 0 Å². The molecule has 0 fully saturated rings. The number of hydrogen-bond acceptors (Lipinski definition) is 5. The van der Waals surface area contributed by atoms with E-state index in [1.165, 1.54) is 25.6 Å². The monoisotopic (exact) mass is 632 g/mol. The van der Waals surface area contributed by atoms with Gasteiger partial charge in [-0.15, -0.1) is 11.3 Å². The van der Waals surface area contributed by atoms with E-state index >= 15 is 0 Å². The lowest BCUT2D eigenvalue weighted by atomic mass is 10.1. The Bertz CT molecular complexity index is 2540. The summed E-state index contributed by atoms with van der Waals surface area (Å²) in [6.45, 7) is 0. The summed E-state index contributed by atoms with van der Waals surface area (Å²) in [5, 5.41) is 4.84. The Kier molecular flexibility index (Phi) is 6.95. The van der Waals surface area contributed by atoms with Crippen molar-refractivity contribution < 1.29 is 0 Å². The van der Waals surface area contributed by atoms with Gasteiger partial charge in [0, 0.05) is 48.2 Å². The van der Waals surface area contributed by atoms with Gasteiger partial charge in [0.05, 0.1) is 5.69 Å². The minimum atomic E-state index is 0.618. The van der Waals surface area contributed by atoms with Crippen molar-refractivity contribution in [2.24, 2.45) is 0 Å². The molecule has 5 heteroatoms. The third-order valence-electron chi connectivity index (χ3n) is 8.69. The number of fused-ring (bicyclic) bond motifs is 4. The van der Waals surface area contributed by atoms with Gasteiger partial charge in [0.15, 0.2) is 17.5 Å². The van der Waals surface area contributed by atoms with Crippen LogP contribution in [0, 0.1) is 0 Å². The lowest BCUT2D eigenvalue weighted by molar-refractivity contribution is 1.07. The second-order valence-electron chi connectivity index (χ2n) is 11.7. The molecule has 2 aromatic heterocycles. The Labute approximate surface area is 282 Å². The molecular weight excluding hydrogens is 605 g/mol. The second-order valence-corrected chi connectivity index (χ2v) is 12.8.